The Morgan fingerprint density at radius 2 is 2.26 bits per heavy atom. The molecule has 0 saturated heterocycles. The number of hydrogen-bond donors (Lipinski definition) is 1. The van der Waals surface area contributed by atoms with Crippen LogP contribution in [0.15, 0.2) is 24.5 Å². The fraction of sp³-hybridized carbons (Fsp3) is 0.429. The van der Waals surface area contributed by atoms with E-state index in [1.165, 1.54) is 7.11 Å². The van der Waals surface area contributed by atoms with Gasteiger partial charge in [-0.3, -0.25) is 4.79 Å². The largest absolute Gasteiger partial charge is 0.469 e. The Bertz CT molecular complexity index is 602. The van der Waals surface area contributed by atoms with E-state index in [0.29, 0.717) is 6.54 Å². The molecule has 0 amide bonds. The molecule has 0 unspecified atom stereocenters. The molecule has 102 valence electrons. The molecule has 5 heteroatoms. The smallest absolute Gasteiger partial charge is 0.313 e. The first-order valence-corrected chi connectivity index (χ1v) is 6.11. The Balaban J connectivity index is 2.44. The van der Waals surface area contributed by atoms with Crippen LogP contribution in [-0.2, 0) is 22.7 Å². The molecule has 2 aromatic rings. The molecule has 2 heterocycles. The Morgan fingerprint density at radius 3 is 2.89 bits per heavy atom. The van der Waals surface area contributed by atoms with Crippen LogP contribution in [0.3, 0.4) is 0 Å². The van der Waals surface area contributed by atoms with Crippen molar-refractivity contribution in [3.05, 3.63) is 30.1 Å². The van der Waals surface area contributed by atoms with Crippen molar-refractivity contribution < 1.29 is 14.6 Å². The third-order valence-electron chi connectivity index (χ3n) is 3.19. The monoisotopic (exact) mass is 262 g/mol. The Hall–Kier alpha value is -1.88. The van der Waals surface area contributed by atoms with Crippen LogP contribution in [0.2, 0.25) is 0 Å². The van der Waals surface area contributed by atoms with Crippen LogP contribution in [0.5, 0.6) is 0 Å². The van der Waals surface area contributed by atoms with E-state index in [4.69, 9.17) is 4.74 Å². The predicted octanol–water partition coefficient (Wildman–Crippen LogP) is 1.73. The van der Waals surface area contributed by atoms with Crippen molar-refractivity contribution in [2.75, 3.05) is 7.11 Å². The molecule has 0 atom stereocenters. The van der Waals surface area contributed by atoms with Gasteiger partial charge in [-0.25, -0.2) is 4.98 Å². The summed E-state index contributed by atoms with van der Waals surface area (Å²) in [6, 6.07) is 3.74. The molecule has 0 spiro atoms. The SMILES string of the molecule is COC(=O)C(C)(C)Cn1cc(CO)c2cccnc21. The molecule has 0 radical (unpaired) electrons. The molecule has 0 bridgehead atoms. The minimum absolute atomic E-state index is 0.0478. The molecule has 2 rings (SSSR count). The van der Waals surface area contributed by atoms with Crippen molar-refractivity contribution in [3.8, 4) is 0 Å². The van der Waals surface area contributed by atoms with Gasteiger partial charge in [0.05, 0.1) is 19.1 Å². The maximum absolute atomic E-state index is 11.7. The van der Waals surface area contributed by atoms with Crippen molar-refractivity contribution in [2.24, 2.45) is 5.41 Å². The number of aromatic nitrogens is 2. The molecular formula is C14H18N2O3. The number of fused-ring (bicyclic) bond motifs is 1. The van der Waals surface area contributed by atoms with Gasteiger partial charge in [0, 0.05) is 29.9 Å². The van der Waals surface area contributed by atoms with E-state index in [0.717, 1.165) is 16.6 Å². The zero-order chi connectivity index (χ0) is 14.0. The van der Waals surface area contributed by atoms with Crippen molar-refractivity contribution in [3.63, 3.8) is 0 Å². The van der Waals surface area contributed by atoms with E-state index >= 15 is 0 Å². The number of esters is 1. The molecule has 0 aliphatic carbocycles. The predicted molar refractivity (Wildman–Crippen MR) is 71.5 cm³/mol. The standard InChI is InChI=1S/C14H18N2O3/c1-14(2,13(18)19-3)9-16-7-10(8-17)11-5-4-6-15-12(11)16/h4-7,17H,8-9H2,1-3H3. The Morgan fingerprint density at radius 1 is 1.53 bits per heavy atom. The molecule has 2 aromatic heterocycles. The normalized spacial score (nSPS) is 11.8. The topological polar surface area (TPSA) is 64.3 Å². The van der Waals surface area contributed by atoms with Crippen LogP contribution in [0, 0.1) is 5.41 Å². The summed E-state index contributed by atoms with van der Waals surface area (Å²) in [6.07, 6.45) is 3.54. The average molecular weight is 262 g/mol. The number of pyridine rings is 1. The molecule has 5 nitrogen and oxygen atoms in total. The summed E-state index contributed by atoms with van der Waals surface area (Å²) in [5, 5.41) is 10.3. The lowest BCUT2D eigenvalue weighted by Crippen LogP contribution is -2.30. The summed E-state index contributed by atoms with van der Waals surface area (Å²) in [4.78, 5) is 16.1. The fourth-order valence-corrected chi connectivity index (χ4v) is 2.21. The lowest BCUT2D eigenvalue weighted by Gasteiger charge is -2.22. The van der Waals surface area contributed by atoms with Gasteiger partial charge in [-0.2, -0.15) is 0 Å². The highest BCUT2D eigenvalue weighted by Crippen LogP contribution is 2.25. The molecule has 0 fully saturated rings. The van der Waals surface area contributed by atoms with Gasteiger partial charge in [-0.15, -0.1) is 0 Å². The molecule has 19 heavy (non-hydrogen) atoms. The van der Waals surface area contributed by atoms with Gasteiger partial charge < -0.3 is 14.4 Å². The van der Waals surface area contributed by atoms with E-state index in [9.17, 15) is 9.90 Å². The van der Waals surface area contributed by atoms with E-state index in [-0.39, 0.29) is 12.6 Å². The van der Waals surface area contributed by atoms with Crippen molar-refractivity contribution in [2.45, 2.75) is 27.0 Å². The second-order valence-electron chi connectivity index (χ2n) is 5.19. The summed E-state index contributed by atoms with van der Waals surface area (Å²) in [6.45, 7) is 4.06. The number of carbonyl (C=O) groups excluding carboxylic acids is 1. The summed E-state index contributed by atoms with van der Waals surface area (Å²) >= 11 is 0. The molecule has 1 N–H and O–H groups in total. The first kappa shape index (κ1) is 13.5. The molecule has 0 saturated carbocycles. The van der Waals surface area contributed by atoms with E-state index in [1.807, 2.05) is 36.7 Å². The van der Waals surface area contributed by atoms with Crippen LogP contribution >= 0.6 is 0 Å². The molecular weight excluding hydrogens is 244 g/mol. The number of ether oxygens (including phenoxy) is 1. The van der Waals surface area contributed by atoms with E-state index in [2.05, 4.69) is 4.98 Å². The highest BCUT2D eigenvalue weighted by Gasteiger charge is 2.30. The van der Waals surface area contributed by atoms with Crippen LogP contribution < -0.4 is 0 Å². The number of carbonyl (C=O) groups is 1. The van der Waals surface area contributed by atoms with Crippen molar-refractivity contribution in [1.82, 2.24) is 9.55 Å². The third kappa shape index (κ3) is 2.46. The Labute approximate surface area is 111 Å². The molecule has 0 aromatic carbocycles. The van der Waals surface area contributed by atoms with Crippen LogP contribution in [-0.4, -0.2) is 27.7 Å². The van der Waals surface area contributed by atoms with Crippen LogP contribution in [0.1, 0.15) is 19.4 Å². The van der Waals surface area contributed by atoms with Crippen molar-refractivity contribution >= 4 is 17.0 Å². The van der Waals surface area contributed by atoms with Gasteiger partial charge in [-0.1, -0.05) is 0 Å². The zero-order valence-electron chi connectivity index (χ0n) is 11.4. The average Bonchev–Trinajstić information content (AvgIpc) is 2.75. The maximum Gasteiger partial charge on any atom is 0.313 e. The van der Waals surface area contributed by atoms with Crippen molar-refractivity contribution in [1.29, 1.82) is 0 Å². The zero-order valence-corrected chi connectivity index (χ0v) is 11.4. The number of aliphatic hydroxyl groups is 1. The first-order valence-electron chi connectivity index (χ1n) is 6.11. The number of nitrogens with zero attached hydrogens (tertiary/aromatic N) is 2. The number of aliphatic hydroxyl groups excluding tert-OH is 1. The quantitative estimate of drug-likeness (QED) is 0.852. The highest BCUT2D eigenvalue weighted by atomic mass is 16.5. The summed E-state index contributed by atoms with van der Waals surface area (Å²) in [5.74, 6) is -0.268. The second-order valence-corrected chi connectivity index (χ2v) is 5.19. The lowest BCUT2D eigenvalue weighted by atomic mass is 9.94. The highest BCUT2D eigenvalue weighted by molar-refractivity contribution is 5.81. The van der Waals surface area contributed by atoms with Gasteiger partial charge >= 0.3 is 5.97 Å². The number of rotatable bonds is 4. The van der Waals surface area contributed by atoms with Crippen LogP contribution in [0.4, 0.5) is 0 Å². The minimum Gasteiger partial charge on any atom is -0.469 e. The number of methoxy groups -OCH3 is 1. The fourth-order valence-electron chi connectivity index (χ4n) is 2.21. The van der Waals surface area contributed by atoms with Crippen LogP contribution in [0.25, 0.3) is 11.0 Å². The van der Waals surface area contributed by atoms with Gasteiger partial charge in [-0.05, 0) is 26.0 Å². The summed E-state index contributed by atoms with van der Waals surface area (Å²) < 4.78 is 6.70. The van der Waals surface area contributed by atoms with E-state index in [1.54, 1.807) is 6.20 Å². The van der Waals surface area contributed by atoms with E-state index < -0.39 is 5.41 Å². The first-order chi connectivity index (χ1) is 8.99. The Kier molecular flexibility index (Phi) is 3.57. The second kappa shape index (κ2) is 5.01. The van der Waals surface area contributed by atoms with Gasteiger partial charge in [0.15, 0.2) is 0 Å². The minimum atomic E-state index is -0.648. The third-order valence-corrected chi connectivity index (χ3v) is 3.19. The van der Waals surface area contributed by atoms with Gasteiger partial charge in [0.25, 0.3) is 0 Å². The maximum atomic E-state index is 11.7. The number of hydrogen-bond acceptors (Lipinski definition) is 4. The summed E-state index contributed by atoms with van der Waals surface area (Å²) in [5.41, 5.74) is 0.928. The van der Waals surface area contributed by atoms with Gasteiger partial charge in [0.1, 0.15) is 5.65 Å². The lowest BCUT2D eigenvalue weighted by molar-refractivity contribution is -0.151. The molecule has 0 aliphatic rings. The molecule has 0 aliphatic heterocycles. The summed E-state index contributed by atoms with van der Waals surface area (Å²) in [7, 11) is 1.38. The van der Waals surface area contributed by atoms with Gasteiger partial charge in [0.2, 0.25) is 0 Å².